The van der Waals surface area contributed by atoms with Crippen molar-refractivity contribution < 1.29 is 13.5 Å². The van der Waals surface area contributed by atoms with Crippen LogP contribution >= 0.6 is 0 Å². The molecule has 7 nitrogen and oxygen atoms in total. The smallest absolute Gasteiger partial charge is 0.319 e. The summed E-state index contributed by atoms with van der Waals surface area (Å²) in [4.78, 5) is 19.5. The number of anilines is 1. The van der Waals surface area contributed by atoms with Crippen molar-refractivity contribution in [2.45, 2.75) is 56.5 Å². The summed E-state index contributed by atoms with van der Waals surface area (Å²) < 4.78 is 38.3. The number of halogens is 2. The summed E-state index contributed by atoms with van der Waals surface area (Å²) in [6, 6.07) is 8.81. The molecule has 0 amide bonds. The number of rotatable bonds is 4. The second kappa shape index (κ2) is 10.1. The molecule has 4 aromatic rings. The van der Waals surface area contributed by atoms with Gasteiger partial charge in [0.05, 0.1) is 22.2 Å². The number of hydrogen-bond donors (Lipinski definition) is 1. The van der Waals surface area contributed by atoms with E-state index in [9.17, 15) is 4.39 Å². The van der Waals surface area contributed by atoms with Gasteiger partial charge in [-0.1, -0.05) is 37.1 Å². The summed E-state index contributed by atoms with van der Waals surface area (Å²) in [7, 11) is 0. The van der Waals surface area contributed by atoms with Crippen LogP contribution in [0.2, 0.25) is 0 Å². The first-order valence-electron chi connectivity index (χ1n) is 15.4. The molecule has 3 saturated heterocycles. The van der Waals surface area contributed by atoms with Crippen molar-refractivity contribution >= 4 is 27.5 Å². The Labute approximate surface area is 249 Å². The maximum Gasteiger partial charge on any atom is 0.319 e. The minimum atomic E-state index is -0.575. The van der Waals surface area contributed by atoms with Crippen molar-refractivity contribution in [3.05, 3.63) is 53.2 Å². The van der Waals surface area contributed by atoms with E-state index in [1.54, 1.807) is 12.1 Å². The van der Waals surface area contributed by atoms with Crippen molar-refractivity contribution in [3.63, 3.8) is 0 Å². The fourth-order valence-corrected chi connectivity index (χ4v) is 8.09. The molecule has 4 aliphatic rings. The number of nitrogens with zero attached hydrogens (tertiary/aromatic N) is 5. The van der Waals surface area contributed by atoms with Gasteiger partial charge < -0.3 is 15.0 Å². The van der Waals surface area contributed by atoms with Gasteiger partial charge in [0.15, 0.2) is 5.82 Å². The van der Waals surface area contributed by atoms with Crippen LogP contribution in [0.3, 0.4) is 0 Å². The maximum atomic E-state index is 17.0. The van der Waals surface area contributed by atoms with Crippen molar-refractivity contribution in [3.8, 4) is 29.6 Å². The van der Waals surface area contributed by atoms with E-state index in [1.165, 1.54) is 6.07 Å². The van der Waals surface area contributed by atoms with Gasteiger partial charge in [0.25, 0.3) is 0 Å². The normalized spacial score (nSPS) is 22.8. The molecule has 8 rings (SSSR count). The lowest BCUT2D eigenvalue weighted by atomic mass is 9.93. The van der Waals surface area contributed by atoms with E-state index < -0.39 is 11.6 Å². The number of fused-ring (bicyclic) bond motifs is 4. The molecule has 43 heavy (non-hydrogen) atoms. The van der Waals surface area contributed by atoms with Gasteiger partial charge in [-0.3, -0.25) is 4.90 Å². The Morgan fingerprint density at radius 2 is 1.91 bits per heavy atom. The van der Waals surface area contributed by atoms with Gasteiger partial charge in [0.2, 0.25) is 0 Å². The molecule has 9 heteroatoms. The number of benzene rings is 2. The molecule has 3 fully saturated rings. The average Bonchev–Trinajstić information content (AvgIpc) is 3.58. The molecule has 1 N–H and O–H groups in total. The van der Waals surface area contributed by atoms with Crippen molar-refractivity contribution in [1.29, 1.82) is 0 Å². The second-order valence-corrected chi connectivity index (χ2v) is 12.6. The van der Waals surface area contributed by atoms with Gasteiger partial charge in [-0.05, 0) is 56.6 Å². The van der Waals surface area contributed by atoms with E-state index in [2.05, 4.69) is 28.0 Å². The Kier molecular flexibility index (Phi) is 6.28. The van der Waals surface area contributed by atoms with Crippen LogP contribution in [0, 0.1) is 24.0 Å². The highest BCUT2D eigenvalue weighted by molar-refractivity contribution is 6.03. The number of ether oxygens (including phenoxy) is 1. The lowest BCUT2D eigenvalue weighted by Crippen LogP contribution is -2.51. The van der Waals surface area contributed by atoms with Gasteiger partial charge in [-0.25, -0.2) is 13.8 Å². The number of piperazine rings is 1. The van der Waals surface area contributed by atoms with E-state index in [0.717, 1.165) is 75.9 Å². The zero-order valence-corrected chi connectivity index (χ0v) is 24.3. The van der Waals surface area contributed by atoms with Gasteiger partial charge >= 0.3 is 6.01 Å². The number of nitrogens with one attached hydrogen (secondary N) is 1. The highest BCUT2D eigenvalue weighted by atomic mass is 19.1. The minimum absolute atomic E-state index is 0.00426. The number of pyridine rings is 1. The van der Waals surface area contributed by atoms with E-state index in [-0.39, 0.29) is 40.3 Å². The van der Waals surface area contributed by atoms with E-state index in [1.807, 2.05) is 12.1 Å². The second-order valence-electron chi connectivity index (χ2n) is 12.6. The van der Waals surface area contributed by atoms with Crippen LogP contribution in [-0.4, -0.2) is 70.8 Å². The maximum absolute atomic E-state index is 17.0. The summed E-state index contributed by atoms with van der Waals surface area (Å²) in [5.41, 5.74) is 1.60. The summed E-state index contributed by atoms with van der Waals surface area (Å²) in [5, 5.41) is 5.34. The lowest BCUT2D eigenvalue weighted by molar-refractivity contribution is 0.108. The first-order valence-corrected chi connectivity index (χ1v) is 15.4. The van der Waals surface area contributed by atoms with Crippen molar-refractivity contribution in [1.82, 2.24) is 25.2 Å². The standard InChI is InChI=1S/C34H34F2N6O/c1-3-23-25(35)10-9-21-7-4-8-24(26(21)23)30-28(36)31-27-29(38-30)20(2)17-22-18-37-13-16-42(22)32(27)40-33(39-31)43-19-34-11-5-14-41(34)15-6-12-34/h1,4,7-10,20,22,37H,5-6,11-19H2,2H3. The Morgan fingerprint density at radius 3 is 2.72 bits per heavy atom. The number of aromatic nitrogens is 3. The first kappa shape index (κ1) is 26.7. The molecular weight excluding hydrogens is 546 g/mol. The molecule has 0 spiro atoms. The van der Waals surface area contributed by atoms with Gasteiger partial charge in [-0.2, -0.15) is 9.97 Å². The largest absolute Gasteiger partial charge is 0.461 e. The van der Waals surface area contributed by atoms with E-state index in [4.69, 9.17) is 26.1 Å². The fraction of sp³-hybridized carbons (Fsp3) is 0.441. The van der Waals surface area contributed by atoms with Crippen molar-refractivity contribution in [2.24, 2.45) is 0 Å². The quantitative estimate of drug-likeness (QED) is 0.325. The molecule has 6 heterocycles. The third-order valence-corrected chi connectivity index (χ3v) is 10.2. The molecule has 0 aliphatic carbocycles. The van der Waals surface area contributed by atoms with Crippen LogP contribution in [0.4, 0.5) is 14.6 Å². The third kappa shape index (κ3) is 4.10. The van der Waals surface area contributed by atoms with Crippen LogP contribution in [0.5, 0.6) is 6.01 Å². The van der Waals surface area contributed by atoms with Crippen LogP contribution in [0.25, 0.3) is 32.9 Å². The van der Waals surface area contributed by atoms with Crippen LogP contribution in [-0.2, 0) is 0 Å². The zero-order chi connectivity index (χ0) is 29.3. The number of hydrogen-bond acceptors (Lipinski definition) is 7. The Balaban J connectivity index is 1.35. The fourth-order valence-electron chi connectivity index (χ4n) is 8.09. The first-order chi connectivity index (χ1) is 21.0. The molecule has 2 unspecified atom stereocenters. The molecule has 220 valence electrons. The third-order valence-electron chi connectivity index (χ3n) is 10.2. The molecule has 4 aliphatic heterocycles. The monoisotopic (exact) mass is 580 g/mol. The van der Waals surface area contributed by atoms with E-state index >= 15 is 4.39 Å². The molecule has 2 atom stereocenters. The van der Waals surface area contributed by atoms with Crippen molar-refractivity contribution in [2.75, 3.05) is 44.2 Å². The van der Waals surface area contributed by atoms with Crippen LogP contribution in [0.15, 0.2) is 30.3 Å². The molecular formula is C34H34F2N6O. The number of terminal acetylenes is 1. The lowest BCUT2D eigenvalue weighted by Gasteiger charge is -2.37. The Bertz CT molecular complexity index is 1810. The van der Waals surface area contributed by atoms with Gasteiger partial charge in [0, 0.05) is 42.5 Å². The van der Waals surface area contributed by atoms with E-state index in [0.29, 0.717) is 28.8 Å². The molecule has 2 aromatic carbocycles. The molecule has 2 aromatic heterocycles. The molecule has 0 saturated carbocycles. The zero-order valence-electron chi connectivity index (χ0n) is 24.3. The predicted molar refractivity (Wildman–Crippen MR) is 163 cm³/mol. The summed E-state index contributed by atoms with van der Waals surface area (Å²) in [6.07, 6.45) is 11.1. The summed E-state index contributed by atoms with van der Waals surface area (Å²) in [6.45, 7) is 7.15. The van der Waals surface area contributed by atoms with Crippen LogP contribution in [0.1, 0.15) is 56.2 Å². The molecule has 0 radical (unpaired) electrons. The highest BCUT2D eigenvalue weighted by Crippen LogP contribution is 2.44. The average molecular weight is 581 g/mol. The molecule has 0 bridgehead atoms. The summed E-state index contributed by atoms with van der Waals surface area (Å²) in [5.74, 6) is 2.09. The van der Waals surface area contributed by atoms with Crippen LogP contribution < -0.4 is 15.0 Å². The summed E-state index contributed by atoms with van der Waals surface area (Å²) >= 11 is 0. The Morgan fingerprint density at radius 1 is 1.07 bits per heavy atom. The minimum Gasteiger partial charge on any atom is -0.461 e. The Hall–Kier alpha value is -3.87. The van der Waals surface area contributed by atoms with Gasteiger partial charge in [0.1, 0.15) is 29.5 Å². The topological polar surface area (TPSA) is 66.4 Å². The predicted octanol–water partition coefficient (Wildman–Crippen LogP) is 5.40. The SMILES string of the molecule is C#Cc1c(F)ccc2cccc(-c3nc4c5c(nc(OCC67CCCN6CCC7)nc5c3F)N3CCNCC3CC4C)c12. The highest BCUT2D eigenvalue weighted by Gasteiger charge is 2.45. The van der Waals surface area contributed by atoms with Gasteiger partial charge in [-0.15, -0.1) is 6.42 Å².